The number of aromatic nitrogens is 1. The quantitative estimate of drug-likeness (QED) is 0.247. The van der Waals surface area contributed by atoms with Crippen molar-refractivity contribution in [3.8, 4) is 0 Å². The van der Waals surface area contributed by atoms with Crippen LogP contribution in [0.15, 0.2) is 71.5 Å². The summed E-state index contributed by atoms with van der Waals surface area (Å²) in [4.78, 5) is 26.7. The summed E-state index contributed by atoms with van der Waals surface area (Å²) in [5.41, 5.74) is 8.56. The number of ketones is 1. The van der Waals surface area contributed by atoms with Gasteiger partial charge < -0.3 is 14.4 Å². The topological polar surface area (TPSA) is 51.1 Å². The lowest BCUT2D eigenvalue weighted by Gasteiger charge is -2.53. The van der Waals surface area contributed by atoms with E-state index < -0.39 is 0 Å². The number of carbonyl (C=O) groups is 2. The number of fused-ring (bicyclic) bond motifs is 3. The second-order valence-corrected chi connectivity index (χ2v) is 11.2. The molecule has 5 nitrogen and oxygen atoms in total. The number of quaternary nitrogens is 1. The monoisotopic (exact) mass is 478 g/mol. The SMILES string of the molecule is C/C=C1/C[N@@+]2(CC(=O)c3c(C)n(C)c4ccccc34)CC[C@]34C(=C(C=O)[C@H]1C[C@@H]32)Nc1ccccc14. The number of Topliss-reactive ketones (excluding diaryl/α,β-unsaturated/α-hetero) is 1. The van der Waals surface area contributed by atoms with Crippen LogP contribution in [0.4, 0.5) is 5.69 Å². The molecule has 182 valence electrons. The van der Waals surface area contributed by atoms with Gasteiger partial charge in [-0.3, -0.25) is 9.59 Å². The second-order valence-electron chi connectivity index (χ2n) is 11.2. The van der Waals surface area contributed by atoms with Crippen LogP contribution in [0.3, 0.4) is 0 Å². The maximum Gasteiger partial charge on any atom is 0.219 e. The highest BCUT2D eigenvalue weighted by Gasteiger charge is 2.68. The van der Waals surface area contributed by atoms with Crippen LogP contribution in [0, 0.1) is 12.8 Å². The normalized spacial score (nSPS) is 30.9. The predicted molar refractivity (Wildman–Crippen MR) is 142 cm³/mol. The molecule has 4 atom stereocenters. The largest absolute Gasteiger partial charge is 0.357 e. The zero-order valence-corrected chi connectivity index (χ0v) is 21.2. The van der Waals surface area contributed by atoms with Crippen molar-refractivity contribution in [2.75, 3.05) is 25.0 Å². The summed E-state index contributed by atoms with van der Waals surface area (Å²) < 4.78 is 2.93. The van der Waals surface area contributed by atoms with Crippen molar-refractivity contribution in [1.29, 1.82) is 0 Å². The second kappa shape index (κ2) is 7.30. The maximum atomic E-state index is 14.2. The van der Waals surface area contributed by atoms with Crippen molar-refractivity contribution in [3.63, 3.8) is 0 Å². The van der Waals surface area contributed by atoms with Crippen LogP contribution in [0.1, 0.15) is 41.4 Å². The highest BCUT2D eigenvalue weighted by atomic mass is 16.1. The molecule has 2 saturated heterocycles. The van der Waals surface area contributed by atoms with Gasteiger partial charge in [-0.1, -0.05) is 42.5 Å². The Hall–Kier alpha value is -3.44. The number of nitrogens with zero attached hydrogens (tertiary/aromatic N) is 2. The van der Waals surface area contributed by atoms with E-state index >= 15 is 0 Å². The Kier molecular flexibility index (Phi) is 4.42. The Balaban J connectivity index is 1.39. The molecule has 5 heteroatoms. The van der Waals surface area contributed by atoms with Gasteiger partial charge in [0.15, 0.2) is 0 Å². The van der Waals surface area contributed by atoms with Gasteiger partial charge in [-0.15, -0.1) is 0 Å². The van der Waals surface area contributed by atoms with Crippen molar-refractivity contribution in [3.05, 3.63) is 88.3 Å². The fraction of sp³-hybridized carbons (Fsp3) is 0.355. The molecule has 1 N–H and O–H groups in total. The minimum Gasteiger partial charge on any atom is -0.357 e. The Morgan fingerprint density at radius 1 is 1.19 bits per heavy atom. The number of hydrogen-bond acceptors (Lipinski definition) is 3. The first-order chi connectivity index (χ1) is 17.4. The van der Waals surface area contributed by atoms with E-state index in [0.717, 1.165) is 75.8 Å². The Bertz CT molecular complexity index is 1540. The van der Waals surface area contributed by atoms with Crippen LogP contribution < -0.4 is 5.32 Å². The van der Waals surface area contributed by atoms with E-state index in [1.807, 2.05) is 12.1 Å². The minimum absolute atomic E-state index is 0.140. The molecule has 1 aromatic heterocycles. The minimum atomic E-state index is -0.212. The number of hydrogen-bond donors (Lipinski definition) is 1. The summed E-state index contributed by atoms with van der Waals surface area (Å²) in [5.74, 6) is 0.377. The van der Waals surface area contributed by atoms with E-state index in [1.54, 1.807) is 0 Å². The van der Waals surface area contributed by atoms with Crippen molar-refractivity contribution in [2.24, 2.45) is 13.0 Å². The molecule has 7 rings (SSSR count). The van der Waals surface area contributed by atoms with Gasteiger partial charge >= 0.3 is 0 Å². The fourth-order valence-electron chi connectivity index (χ4n) is 8.37. The molecule has 0 unspecified atom stereocenters. The van der Waals surface area contributed by atoms with Gasteiger partial charge in [0.1, 0.15) is 25.4 Å². The fourth-order valence-corrected chi connectivity index (χ4v) is 8.37. The zero-order chi connectivity index (χ0) is 24.8. The average molecular weight is 479 g/mol. The van der Waals surface area contributed by atoms with Gasteiger partial charge in [-0.25, -0.2) is 0 Å². The van der Waals surface area contributed by atoms with Gasteiger partial charge in [0.05, 0.1) is 17.5 Å². The van der Waals surface area contributed by atoms with Gasteiger partial charge in [0, 0.05) is 59.4 Å². The summed E-state index contributed by atoms with van der Waals surface area (Å²) in [6, 6.07) is 17.1. The van der Waals surface area contributed by atoms with Gasteiger partial charge in [-0.2, -0.15) is 0 Å². The van der Waals surface area contributed by atoms with E-state index in [2.05, 4.69) is 73.3 Å². The number of para-hydroxylation sites is 2. The Labute approximate surface area is 211 Å². The highest BCUT2D eigenvalue weighted by Crippen LogP contribution is 2.63. The standard InChI is InChI=1S/C31H31N3O2/c1-4-20-16-34(17-27(36)29-19(2)33(3)26-12-8-5-9-21(26)29)14-13-31-24-10-6-7-11-25(24)32-30(31)23(18-35)22(20)15-28(31)34/h4-12,18,22,28H,13-17H2,1-3H3/p+1/b20-4-/t22-,28-,31+,34+/m0/s1. The summed E-state index contributed by atoms with van der Waals surface area (Å²) in [6.45, 7) is 6.44. The van der Waals surface area contributed by atoms with Crippen molar-refractivity contribution >= 4 is 28.7 Å². The molecule has 0 amide bonds. The number of rotatable bonds is 4. The van der Waals surface area contributed by atoms with Crippen LogP contribution in [0.2, 0.25) is 0 Å². The summed E-state index contributed by atoms with van der Waals surface area (Å²) >= 11 is 0. The predicted octanol–water partition coefficient (Wildman–Crippen LogP) is 5.05. The molecule has 2 fully saturated rings. The lowest BCUT2D eigenvalue weighted by molar-refractivity contribution is -0.934. The van der Waals surface area contributed by atoms with Crippen LogP contribution in [0.25, 0.3) is 10.9 Å². The van der Waals surface area contributed by atoms with E-state index in [1.165, 1.54) is 11.1 Å². The molecular weight excluding hydrogens is 446 g/mol. The van der Waals surface area contributed by atoms with Crippen LogP contribution in [-0.4, -0.2) is 46.8 Å². The molecule has 3 aliphatic heterocycles. The number of carbonyl (C=O) groups excluding carboxylic acids is 2. The molecule has 4 heterocycles. The number of allylic oxidation sites excluding steroid dienone is 2. The summed E-state index contributed by atoms with van der Waals surface area (Å²) in [6.07, 6.45) is 5.18. The average Bonchev–Trinajstić information content (AvgIpc) is 3.50. The Morgan fingerprint density at radius 2 is 1.97 bits per heavy atom. The zero-order valence-electron chi connectivity index (χ0n) is 21.2. The van der Waals surface area contributed by atoms with Crippen LogP contribution in [0.5, 0.6) is 0 Å². The van der Waals surface area contributed by atoms with Gasteiger partial charge in [0.2, 0.25) is 5.78 Å². The molecule has 1 spiro atoms. The number of anilines is 1. The number of piperidine rings is 1. The first-order valence-electron chi connectivity index (χ1n) is 13.1. The third-order valence-corrected chi connectivity index (χ3v) is 10.00. The number of nitrogens with one attached hydrogen (secondary N) is 1. The van der Waals surface area contributed by atoms with Gasteiger partial charge in [0.25, 0.3) is 0 Å². The molecule has 3 aromatic rings. The van der Waals surface area contributed by atoms with E-state index in [4.69, 9.17) is 0 Å². The van der Waals surface area contributed by atoms with E-state index in [9.17, 15) is 9.59 Å². The molecule has 36 heavy (non-hydrogen) atoms. The van der Waals surface area contributed by atoms with E-state index in [-0.39, 0.29) is 23.2 Å². The molecule has 0 radical (unpaired) electrons. The molecule has 2 bridgehead atoms. The molecule has 4 aliphatic rings. The third kappa shape index (κ3) is 2.49. The lowest BCUT2D eigenvalue weighted by atomic mass is 9.61. The van der Waals surface area contributed by atoms with Crippen LogP contribution in [-0.2, 0) is 17.3 Å². The van der Waals surface area contributed by atoms with Crippen LogP contribution >= 0.6 is 0 Å². The number of benzene rings is 2. The number of aldehydes is 1. The molecule has 1 aliphatic carbocycles. The maximum absolute atomic E-state index is 14.2. The summed E-state index contributed by atoms with van der Waals surface area (Å²) in [5, 5.41) is 4.74. The molecule has 0 saturated carbocycles. The van der Waals surface area contributed by atoms with Gasteiger partial charge in [-0.05, 0) is 37.1 Å². The molecule has 2 aromatic carbocycles. The number of aryl methyl sites for hydroxylation is 1. The smallest absolute Gasteiger partial charge is 0.219 e. The lowest BCUT2D eigenvalue weighted by Crippen LogP contribution is -2.64. The first kappa shape index (κ1) is 21.8. The first-order valence-corrected chi connectivity index (χ1v) is 13.1. The summed E-state index contributed by atoms with van der Waals surface area (Å²) in [7, 11) is 2.05. The van der Waals surface area contributed by atoms with Crippen molar-refractivity contribution in [2.45, 2.75) is 38.1 Å². The van der Waals surface area contributed by atoms with Crippen molar-refractivity contribution < 1.29 is 14.1 Å². The van der Waals surface area contributed by atoms with Crippen molar-refractivity contribution in [1.82, 2.24) is 4.57 Å². The third-order valence-electron chi connectivity index (χ3n) is 10.00. The van der Waals surface area contributed by atoms with E-state index in [0.29, 0.717) is 6.54 Å². The Morgan fingerprint density at radius 3 is 2.78 bits per heavy atom. The highest BCUT2D eigenvalue weighted by molar-refractivity contribution is 6.10. The molecular formula is C31H32N3O2+.